The molecule has 0 unspecified atom stereocenters. The third-order valence-electron chi connectivity index (χ3n) is 3.55. The lowest BCUT2D eigenvalue weighted by molar-refractivity contribution is -0.124. The highest BCUT2D eigenvalue weighted by atomic mass is 16.2. The van der Waals surface area contributed by atoms with Crippen LogP contribution in [0.5, 0.6) is 0 Å². The number of hydrogen-bond donors (Lipinski definition) is 2. The van der Waals surface area contributed by atoms with E-state index in [-0.39, 0.29) is 30.9 Å². The highest BCUT2D eigenvalue weighted by Gasteiger charge is 2.18. The van der Waals surface area contributed by atoms with Gasteiger partial charge in [0, 0.05) is 26.3 Å². The fraction of sp³-hybridized carbons (Fsp3) is 0.500. The van der Waals surface area contributed by atoms with E-state index < -0.39 is 0 Å². The molecule has 0 saturated heterocycles. The van der Waals surface area contributed by atoms with Gasteiger partial charge >= 0.3 is 6.03 Å². The summed E-state index contributed by atoms with van der Waals surface area (Å²) < 4.78 is 0. The van der Waals surface area contributed by atoms with Crippen molar-refractivity contribution in [3.8, 4) is 0 Å². The van der Waals surface area contributed by atoms with Crippen molar-refractivity contribution >= 4 is 23.5 Å². The first-order chi connectivity index (χ1) is 11.8. The quantitative estimate of drug-likeness (QED) is 0.752. The second-order valence-electron chi connectivity index (χ2n) is 6.14. The number of nitrogens with zero attached hydrogens (tertiary/aromatic N) is 2. The van der Waals surface area contributed by atoms with E-state index in [1.807, 2.05) is 26.0 Å². The number of carbonyl (C=O) groups is 3. The van der Waals surface area contributed by atoms with E-state index >= 15 is 0 Å². The van der Waals surface area contributed by atoms with E-state index in [1.54, 1.807) is 26.2 Å². The molecule has 4 amide bonds. The third-order valence-corrected chi connectivity index (χ3v) is 3.55. The Balaban J connectivity index is 2.46. The van der Waals surface area contributed by atoms with Crippen LogP contribution in [0.1, 0.15) is 25.3 Å². The minimum atomic E-state index is -0.356. The standard InChI is InChI=1S/C18H28N4O3/c1-5-6-11-22(18(25)21(3)4)13-17(24)19-12-16(23)20-15-9-7-14(2)8-10-15/h7-10H,5-6,11-13H2,1-4H3,(H,19,24)(H,20,23). The van der Waals surface area contributed by atoms with Gasteiger partial charge in [-0.15, -0.1) is 0 Å². The fourth-order valence-electron chi connectivity index (χ4n) is 2.12. The van der Waals surface area contributed by atoms with Crippen molar-refractivity contribution < 1.29 is 14.4 Å². The van der Waals surface area contributed by atoms with Crippen molar-refractivity contribution in [2.45, 2.75) is 26.7 Å². The summed E-state index contributed by atoms with van der Waals surface area (Å²) >= 11 is 0. The predicted molar refractivity (Wildman–Crippen MR) is 98.4 cm³/mol. The van der Waals surface area contributed by atoms with Crippen LogP contribution >= 0.6 is 0 Å². The van der Waals surface area contributed by atoms with Gasteiger partial charge in [-0.2, -0.15) is 0 Å². The highest BCUT2D eigenvalue weighted by molar-refractivity contribution is 5.95. The third kappa shape index (κ3) is 7.69. The highest BCUT2D eigenvalue weighted by Crippen LogP contribution is 2.08. The molecule has 138 valence electrons. The Hall–Kier alpha value is -2.57. The van der Waals surface area contributed by atoms with Crippen molar-refractivity contribution in [2.75, 3.05) is 39.0 Å². The second-order valence-corrected chi connectivity index (χ2v) is 6.14. The summed E-state index contributed by atoms with van der Waals surface area (Å²) in [6, 6.07) is 7.18. The maximum atomic E-state index is 12.1. The Morgan fingerprint density at radius 1 is 1.04 bits per heavy atom. The van der Waals surface area contributed by atoms with Crippen LogP contribution in [0.4, 0.5) is 10.5 Å². The molecule has 1 aromatic rings. The van der Waals surface area contributed by atoms with Crippen LogP contribution in [0.25, 0.3) is 0 Å². The second kappa shape index (κ2) is 10.3. The van der Waals surface area contributed by atoms with E-state index in [0.29, 0.717) is 12.2 Å². The summed E-state index contributed by atoms with van der Waals surface area (Å²) in [6.45, 7) is 4.30. The molecule has 2 N–H and O–H groups in total. The average molecular weight is 348 g/mol. The Bertz CT molecular complexity index is 584. The molecule has 0 aliphatic heterocycles. The predicted octanol–water partition coefficient (Wildman–Crippen LogP) is 1.83. The topological polar surface area (TPSA) is 81.8 Å². The van der Waals surface area contributed by atoms with Crippen LogP contribution in [0.15, 0.2) is 24.3 Å². The fourth-order valence-corrected chi connectivity index (χ4v) is 2.12. The van der Waals surface area contributed by atoms with Crippen molar-refractivity contribution in [2.24, 2.45) is 0 Å². The van der Waals surface area contributed by atoms with Crippen molar-refractivity contribution in [3.63, 3.8) is 0 Å². The number of unbranched alkanes of at least 4 members (excludes halogenated alkanes) is 1. The van der Waals surface area contributed by atoms with Crippen LogP contribution in [-0.2, 0) is 9.59 Å². The van der Waals surface area contributed by atoms with E-state index in [9.17, 15) is 14.4 Å². The minimum absolute atomic E-state index is 0.0607. The molecular formula is C18H28N4O3. The zero-order chi connectivity index (χ0) is 18.8. The molecule has 0 saturated carbocycles. The minimum Gasteiger partial charge on any atom is -0.345 e. The van der Waals surface area contributed by atoms with Gasteiger partial charge in [-0.05, 0) is 25.5 Å². The zero-order valence-corrected chi connectivity index (χ0v) is 15.5. The van der Waals surface area contributed by atoms with Crippen molar-refractivity contribution in [1.82, 2.24) is 15.1 Å². The van der Waals surface area contributed by atoms with Gasteiger partial charge < -0.3 is 20.4 Å². The lowest BCUT2D eigenvalue weighted by atomic mass is 10.2. The Morgan fingerprint density at radius 3 is 2.24 bits per heavy atom. The first-order valence-corrected chi connectivity index (χ1v) is 8.43. The van der Waals surface area contributed by atoms with Gasteiger partial charge in [0.15, 0.2) is 0 Å². The summed E-state index contributed by atoms with van der Waals surface area (Å²) in [5.74, 6) is -0.665. The van der Waals surface area contributed by atoms with Gasteiger partial charge in [0.25, 0.3) is 0 Å². The lowest BCUT2D eigenvalue weighted by Crippen LogP contribution is -2.46. The largest absolute Gasteiger partial charge is 0.345 e. The monoisotopic (exact) mass is 348 g/mol. The SMILES string of the molecule is CCCCN(CC(=O)NCC(=O)Nc1ccc(C)cc1)C(=O)N(C)C. The Kier molecular flexibility index (Phi) is 8.46. The van der Waals surface area contributed by atoms with Crippen LogP contribution in [-0.4, -0.2) is 61.4 Å². The molecule has 0 aliphatic carbocycles. The molecule has 1 aromatic carbocycles. The number of nitrogens with one attached hydrogen (secondary N) is 2. The molecule has 7 nitrogen and oxygen atoms in total. The first-order valence-electron chi connectivity index (χ1n) is 8.43. The van der Waals surface area contributed by atoms with Gasteiger partial charge in [-0.3, -0.25) is 9.59 Å². The van der Waals surface area contributed by atoms with Gasteiger partial charge in [0.1, 0.15) is 6.54 Å². The number of urea groups is 1. The van der Waals surface area contributed by atoms with E-state index in [0.717, 1.165) is 18.4 Å². The lowest BCUT2D eigenvalue weighted by Gasteiger charge is -2.25. The molecule has 0 aromatic heterocycles. The number of carbonyl (C=O) groups excluding carboxylic acids is 3. The van der Waals surface area contributed by atoms with E-state index in [2.05, 4.69) is 10.6 Å². The molecule has 0 fully saturated rings. The number of amides is 4. The van der Waals surface area contributed by atoms with Crippen LogP contribution < -0.4 is 10.6 Å². The van der Waals surface area contributed by atoms with Gasteiger partial charge in [-0.25, -0.2) is 4.79 Å². The summed E-state index contributed by atoms with van der Waals surface area (Å²) in [7, 11) is 3.29. The summed E-state index contributed by atoms with van der Waals surface area (Å²) in [5.41, 5.74) is 1.78. The maximum Gasteiger partial charge on any atom is 0.319 e. The Labute approximate surface area is 149 Å². The molecular weight excluding hydrogens is 320 g/mol. The van der Waals surface area contributed by atoms with E-state index in [1.165, 1.54) is 9.80 Å². The van der Waals surface area contributed by atoms with Crippen LogP contribution in [0.2, 0.25) is 0 Å². The normalized spacial score (nSPS) is 10.1. The molecule has 7 heteroatoms. The van der Waals surface area contributed by atoms with Gasteiger partial charge in [0.05, 0.1) is 6.54 Å². The molecule has 0 bridgehead atoms. The van der Waals surface area contributed by atoms with Crippen molar-refractivity contribution in [1.29, 1.82) is 0 Å². The number of hydrogen-bond acceptors (Lipinski definition) is 3. The number of aryl methyl sites for hydroxylation is 1. The molecule has 0 radical (unpaired) electrons. The number of anilines is 1. The van der Waals surface area contributed by atoms with E-state index in [4.69, 9.17) is 0 Å². The van der Waals surface area contributed by atoms with Gasteiger partial charge in [0.2, 0.25) is 11.8 Å². The Morgan fingerprint density at radius 2 is 1.68 bits per heavy atom. The van der Waals surface area contributed by atoms with Gasteiger partial charge in [-0.1, -0.05) is 31.0 Å². The molecule has 0 atom stereocenters. The summed E-state index contributed by atoms with van der Waals surface area (Å²) in [4.78, 5) is 38.9. The molecule has 0 spiro atoms. The molecule has 25 heavy (non-hydrogen) atoms. The molecule has 1 rings (SSSR count). The smallest absolute Gasteiger partial charge is 0.319 e. The number of rotatable bonds is 8. The molecule has 0 aliphatic rings. The van der Waals surface area contributed by atoms with Crippen LogP contribution in [0.3, 0.4) is 0 Å². The maximum absolute atomic E-state index is 12.1. The zero-order valence-electron chi connectivity index (χ0n) is 15.5. The molecule has 0 heterocycles. The van der Waals surface area contributed by atoms with Crippen LogP contribution in [0, 0.1) is 6.92 Å². The summed E-state index contributed by atoms with van der Waals surface area (Å²) in [5, 5.41) is 5.26. The first kappa shape index (κ1) is 20.5. The summed E-state index contributed by atoms with van der Waals surface area (Å²) in [6.07, 6.45) is 1.75. The average Bonchev–Trinajstić information content (AvgIpc) is 2.58. The van der Waals surface area contributed by atoms with Crippen molar-refractivity contribution in [3.05, 3.63) is 29.8 Å². The number of benzene rings is 1.